The van der Waals surface area contributed by atoms with Gasteiger partial charge in [0, 0.05) is 45.7 Å². The van der Waals surface area contributed by atoms with Gasteiger partial charge in [0.05, 0.1) is 22.2 Å². The Bertz CT molecular complexity index is 2510. The molecule has 43 heavy (non-hydrogen) atoms. The first-order chi connectivity index (χ1) is 21.3. The summed E-state index contributed by atoms with van der Waals surface area (Å²) >= 11 is 0. The van der Waals surface area contributed by atoms with Crippen LogP contribution >= 0.6 is 0 Å². The van der Waals surface area contributed by atoms with Gasteiger partial charge in [-0.2, -0.15) is 0 Å². The maximum Gasteiger partial charge on any atom is 0.146 e. The van der Waals surface area contributed by atoms with Crippen LogP contribution < -0.4 is 0 Å². The molecule has 5 nitrogen and oxygen atoms in total. The van der Waals surface area contributed by atoms with Gasteiger partial charge < -0.3 is 0 Å². The molecule has 9 rings (SSSR count). The van der Waals surface area contributed by atoms with Crippen LogP contribution in [0.15, 0.2) is 140 Å². The Hall–Kier alpha value is -5.94. The fourth-order valence-corrected chi connectivity index (χ4v) is 6.38. The molecule has 0 saturated carbocycles. The second-order valence-corrected chi connectivity index (χ2v) is 10.7. The van der Waals surface area contributed by atoms with Gasteiger partial charge in [0.25, 0.3) is 0 Å². The molecule has 0 aliphatic rings. The fourth-order valence-electron chi connectivity index (χ4n) is 6.38. The molecule has 0 aliphatic heterocycles. The van der Waals surface area contributed by atoms with Crippen molar-refractivity contribution in [2.24, 2.45) is 0 Å². The van der Waals surface area contributed by atoms with Crippen molar-refractivity contribution in [1.82, 2.24) is 24.5 Å². The normalized spacial score (nSPS) is 11.7. The summed E-state index contributed by atoms with van der Waals surface area (Å²) in [5.41, 5.74) is 8.20. The molecule has 5 aromatic heterocycles. The second-order valence-electron chi connectivity index (χ2n) is 10.7. The van der Waals surface area contributed by atoms with Crippen molar-refractivity contribution in [3.05, 3.63) is 140 Å². The zero-order valence-electron chi connectivity index (χ0n) is 23.0. The predicted molar refractivity (Wildman–Crippen MR) is 175 cm³/mol. The molecule has 0 N–H and O–H groups in total. The van der Waals surface area contributed by atoms with Crippen molar-refractivity contribution in [1.29, 1.82) is 0 Å². The summed E-state index contributed by atoms with van der Waals surface area (Å²) < 4.78 is 2.14. The largest absolute Gasteiger partial charge is 0.278 e. The highest BCUT2D eigenvalue weighted by Gasteiger charge is 2.16. The van der Waals surface area contributed by atoms with Crippen LogP contribution in [0.5, 0.6) is 0 Å². The molecule has 0 fully saturated rings. The van der Waals surface area contributed by atoms with Crippen molar-refractivity contribution >= 4 is 54.5 Å². The third-order valence-electron chi connectivity index (χ3n) is 8.35. The smallest absolute Gasteiger partial charge is 0.146 e. The molecule has 0 atom stereocenters. The highest BCUT2D eigenvalue weighted by molar-refractivity contribution is 6.11. The van der Waals surface area contributed by atoms with Gasteiger partial charge in [0.2, 0.25) is 0 Å². The van der Waals surface area contributed by atoms with Crippen LogP contribution in [0.25, 0.3) is 82.7 Å². The SMILES string of the molecule is c1ccc(-n2c3ccc(-c4ccc(-c5ccc6ccc7cccnc7c6n5)c5ccccc45)cc3c3cccnc32)nc1. The van der Waals surface area contributed by atoms with Crippen molar-refractivity contribution in [3.8, 4) is 28.2 Å². The number of aromatic nitrogens is 5. The van der Waals surface area contributed by atoms with E-state index in [4.69, 9.17) is 9.97 Å². The van der Waals surface area contributed by atoms with Crippen LogP contribution in [0, 0.1) is 0 Å². The lowest BCUT2D eigenvalue weighted by Gasteiger charge is -2.13. The van der Waals surface area contributed by atoms with E-state index in [9.17, 15) is 0 Å². The van der Waals surface area contributed by atoms with E-state index in [2.05, 4.69) is 106 Å². The molecule has 0 unspecified atom stereocenters. The third kappa shape index (κ3) is 3.65. The molecule has 0 amide bonds. The molecule has 0 spiro atoms. The molecule has 200 valence electrons. The van der Waals surface area contributed by atoms with E-state index < -0.39 is 0 Å². The molecule has 5 heteroatoms. The van der Waals surface area contributed by atoms with Crippen molar-refractivity contribution in [3.63, 3.8) is 0 Å². The van der Waals surface area contributed by atoms with Crippen molar-refractivity contribution < 1.29 is 0 Å². The van der Waals surface area contributed by atoms with Crippen LogP contribution in [-0.4, -0.2) is 24.5 Å². The van der Waals surface area contributed by atoms with E-state index in [-0.39, 0.29) is 0 Å². The second kappa shape index (κ2) is 9.29. The number of pyridine rings is 4. The minimum Gasteiger partial charge on any atom is -0.278 e. The molecule has 5 heterocycles. The van der Waals surface area contributed by atoms with E-state index in [0.29, 0.717) is 0 Å². The van der Waals surface area contributed by atoms with E-state index >= 15 is 0 Å². The average Bonchev–Trinajstić information content (AvgIpc) is 3.41. The van der Waals surface area contributed by atoms with Gasteiger partial charge in [0.15, 0.2) is 0 Å². The first-order valence-electron chi connectivity index (χ1n) is 14.3. The van der Waals surface area contributed by atoms with Crippen molar-refractivity contribution in [2.45, 2.75) is 0 Å². The Balaban J connectivity index is 1.24. The van der Waals surface area contributed by atoms with Gasteiger partial charge in [0.1, 0.15) is 11.5 Å². The van der Waals surface area contributed by atoms with Gasteiger partial charge in [-0.15, -0.1) is 0 Å². The summed E-state index contributed by atoms with van der Waals surface area (Å²) in [4.78, 5) is 19.2. The van der Waals surface area contributed by atoms with Crippen molar-refractivity contribution in [2.75, 3.05) is 0 Å². The summed E-state index contributed by atoms with van der Waals surface area (Å²) in [7, 11) is 0. The molecule has 4 aromatic carbocycles. The lowest BCUT2D eigenvalue weighted by Crippen LogP contribution is -1.97. The molecular weight excluding hydrogens is 526 g/mol. The van der Waals surface area contributed by atoms with Gasteiger partial charge in [-0.3, -0.25) is 9.55 Å². The molecule has 0 radical (unpaired) electrons. The standard InChI is InChI=1S/C38H23N5/c1-2-9-29-28(8-1)27(16-17-30(29)33-18-14-25-13-12-24-7-5-21-40-36(24)37(25)42-33)26-15-19-34-32(23-26)31-10-6-22-41-38(31)43(34)35-11-3-4-20-39-35/h1-23H. The van der Waals surface area contributed by atoms with Gasteiger partial charge >= 0.3 is 0 Å². The number of fused-ring (bicyclic) bond motifs is 7. The number of benzene rings is 4. The molecular formula is C38H23N5. The Morgan fingerprint density at radius 1 is 0.465 bits per heavy atom. The first kappa shape index (κ1) is 23.7. The number of hydrogen-bond acceptors (Lipinski definition) is 4. The van der Waals surface area contributed by atoms with E-state index in [1.165, 1.54) is 10.9 Å². The van der Waals surface area contributed by atoms with E-state index in [1.54, 1.807) is 0 Å². The summed E-state index contributed by atoms with van der Waals surface area (Å²) in [6.07, 6.45) is 5.50. The van der Waals surface area contributed by atoms with Crippen LogP contribution in [0.1, 0.15) is 0 Å². The van der Waals surface area contributed by atoms with Gasteiger partial charge in [-0.1, -0.05) is 72.8 Å². The summed E-state index contributed by atoms with van der Waals surface area (Å²) in [6, 6.07) is 42.3. The average molecular weight is 550 g/mol. The minimum atomic E-state index is 0.856. The summed E-state index contributed by atoms with van der Waals surface area (Å²) in [5.74, 6) is 0.856. The Morgan fingerprint density at radius 3 is 2.07 bits per heavy atom. The highest BCUT2D eigenvalue weighted by Crippen LogP contribution is 2.39. The number of nitrogens with zero attached hydrogens (tertiary/aromatic N) is 5. The first-order valence-corrected chi connectivity index (χ1v) is 14.3. The van der Waals surface area contributed by atoms with Gasteiger partial charge in [-0.05, 0) is 70.4 Å². The Kier molecular flexibility index (Phi) is 5.13. The minimum absolute atomic E-state index is 0.856. The van der Waals surface area contributed by atoms with E-state index in [0.717, 1.165) is 71.8 Å². The predicted octanol–water partition coefficient (Wildman–Crippen LogP) is 9.16. The zero-order valence-corrected chi connectivity index (χ0v) is 23.0. The number of hydrogen-bond donors (Lipinski definition) is 0. The monoisotopic (exact) mass is 549 g/mol. The fraction of sp³-hybridized carbons (Fsp3) is 0. The summed E-state index contributed by atoms with van der Waals surface area (Å²) in [6.45, 7) is 0. The Labute approximate surface area is 246 Å². The maximum atomic E-state index is 5.15. The lowest BCUT2D eigenvalue weighted by molar-refractivity contribution is 1.06. The van der Waals surface area contributed by atoms with Crippen LogP contribution in [0.2, 0.25) is 0 Å². The maximum absolute atomic E-state index is 5.15. The number of rotatable bonds is 3. The Morgan fingerprint density at radius 2 is 1.19 bits per heavy atom. The lowest BCUT2D eigenvalue weighted by atomic mass is 9.93. The van der Waals surface area contributed by atoms with Crippen LogP contribution in [-0.2, 0) is 0 Å². The van der Waals surface area contributed by atoms with Crippen LogP contribution in [0.4, 0.5) is 0 Å². The quantitative estimate of drug-likeness (QED) is 0.206. The molecule has 9 aromatic rings. The highest BCUT2D eigenvalue weighted by atomic mass is 15.1. The topological polar surface area (TPSA) is 56.5 Å². The molecule has 0 aliphatic carbocycles. The third-order valence-corrected chi connectivity index (χ3v) is 8.35. The molecule has 0 bridgehead atoms. The summed E-state index contributed by atoms with van der Waals surface area (Å²) in [5, 5.41) is 6.78. The van der Waals surface area contributed by atoms with Crippen LogP contribution in [0.3, 0.4) is 0 Å². The van der Waals surface area contributed by atoms with Gasteiger partial charge in [-0.25, -0.2) is 15.0 Å². The zero-order chi connectivity index (χ0) is 28.3. The molecule has 0 saturated heterocycles. The van der Waals surface area contributed by atoms with E-state index in [1.807, 2.05) is 48.9 Å².